The Hall–Kier alpha value is -3.29. The topological polar surface area (TPSA) is 27.7 Å². The molecule has 0 bridgehead atoms. The monoisotopic (exact) mass is 548 g/mol. The molecule has 8 heteroatoms. The van der Waals surface area contributed by atoms with Crippen LogP contribution in [0.4, 0.5) is 22.0 Å². The second kappa shape index (κ2) is 13.2. The Morgan fingerprint density at radius 2 is 1.31 bits per heavy atom. The number of halogens is 5. The molecule has 210 valence electrons. The van der Waals surface area contributed by atoms with Crippen LogP contribution in [-0.2, 0) is 6.61 Å². The minimum absolute atomic E-state index is 0.0462. The van der Waals surface area contributed by atoms with Crippen molar-refractivity contribution in [3.63, 3.8) is 0 Å². The van der Waals surface area contributed by atoms with Gasteiger partial charge < -0.3 is 14.2 Å². The zero-order valence-electron chi connectivity index (χ0n) is 22.2. The van der Waals surface area contributed by atoms with Crippen LogP contribution in [0.5, 0.6) is 17.2 Å². The zero-order valence-corrected chi connectivity index (χ0v) is 22.2. The predicted octanol–water partition coefficient (Wildman–Crippen LogP) is 8.98. The van der Waals surface area contributed by atoms with E-state index in [0.29, 0.717) is 37.9 Å². The SMILES string of the molecule is CCCCOc1ccc(COc2ccc(C3CCC(c4ccc(OCC)c(F)c4F)CC3)cc2F)c(F)c1F. The summed E-state index contributed by atoms with van der Waals surface area (Å²) in [6.07, 6.45) is 4.25. The summed E-state index contributed by atoms with van der Waals surface area (Å²) >= 11 is 0. The van der Waals surface area contributed by atoms with Crippen molar-refractivity contribution in [2.75, 3.05) is 13.2 Å². The van der Waals surface area contributed by atoms with Crippen LogP contribution in [0, 0.1) is 29.1 Å². The summed E-state index contributed by atoms with van der Waals surface area (Å²) in [6, 6.07) is 10.4. The second-order valence-corrected chi connectivity index (χ2v) is 9.79. The molecule has 1 fully saturated rings. The average molecular weight is 549 g/mol. The minimum atomic E-state index is -1.09. The number of hydrogen-bond acceptors (Lipinski definition) is 3. The number of hydrogen-bond donors (Lipinski definition) is 0. The van der Waals surface area contributed by atoms with E-state index in [0.717, 1.165) is 18.4 Å². The van der Waals surface area contributed by atoms with Crippen LogP contribution in [0.25, 0.3) is 0 Å². The maximum absolute atomic E-state index is 14.8. The zero-order chi connectivity index (χ0) is 27.9. The van der Waals surface area contributed by atoms with E-state index in [1.807, 2.05) is 6.92 Å². The molecule has 0 heterocycles. The number of benzene rings is 3. The van der Waals surface area contributed by atoms with Crippen molar-refractivity contribution in [2.45, 2.75) is 70.8 Å². The summed E-state index contributed by atoms with van der Waals surface area (Å²) in [7, 11) is 0. The van der Waals surface area contributed by atoms with Gasteiger partial charge in [0, 0.05) is 5.56 Å². The van der Waals surface area contributed by atoms with Gasteiger partial charge in [0.05, 0.1) is 13.2 Å². The Kier molecular flexibility index (Phi) is 9.70. The number of ether oxygens (including phenoxy) is 3. The summed E-state index contributed by atoms with van der Waals surface area (Å²) in [4.78, 5) is 0. The highest BCUT2D eigenvalue weighted by Crippen LogP contribution is 2.42. The predicted molar refractivity (Wildman–Crippen MR) is 139 cm³/mol. The number of rotatable bonds is 11. The Bertz CT molecular complexity index is 1270. The highest BCUT2D eigenvalue weighted by molar-refractivity contribution is 5.36. The molecule has 0 radical (unpaired) electrons. The first kappa shape index (κ1) is 28.7. The molecule has 0 aromatic heterocycles. The Balaban J connectivity index is 1.35. The van der Waals surface area contributed by atoms with E-state index in [-0.39, 0.29) is 47.9 Å². The molecule has 3 aromatic rings. The van der Waals surface area contributed by atoms with Gasteiger partial charge in [0.15, 0.2) is 34.7 Å². The van der Waals surface area contributed by atoms with Gasteiger partial charge in [-0.05, 0) is 92.3 Å². The molecule has 0 spiro atoms. The van der Waals surface area contributed by atoms with Gasteiger partial charge >= 0.3 is 0 Å². The first-order chi connectivity index (χ1) is 18.8. The summed E-state index contributed by atoms with van der Waals surface area (Å²) in [5.74, 6) is -4.99. The molecular formula is C31H33F5O3. The van der Waals surface area contributed by atoms with E-state index in [2.05, 4.69) is 0 Å². The Labute approximate surface area is 225 Å². The maximum atomic E-state index is 14.8. The van der Waals surface area contributed by atoms with Crippen LogP contribution >= 0.6 is 0 Å². The molecule has 0 saturated heterocycles. The highest BCUT2D eigenvalue weighted by atomic mass is 19.2. The lowest BCUT2D eigenvalue weighted by Gasteiger charge is -2.29. The molecule has 0 amide bonds. The van der Waals surface area contributed by atoms with Gasteiger partial charge in [-0.2, -0.15) is 8.78 Å². The second-order valence-electron chi connectivity index (χ2n) is 9.79. The smallest absolute Gasteiger partial charge is 0.201 e. The third-order valence-corrected chi connectivity index (χ3v) is 7.24. The molecule has 0 N–H and O–H groups in total. The fourth-order valence-corrected chi connectivity index (χ4v) is 5.03. The van der Waals surface area contributed by atoms with E-state index in [1.165, 1.54) is 30.3 Å². The van der Waals surface area contributed by atoms with Gasteiger partial charge in [-0.3, -0.25) is 0 Å². The third kappa shape index (κ3) is 6.65. The van der Waals surface area contributed by atoms with Gasteiger partial charge in [-0.25, -0.2) is 13.2 Å². The van der Waals surface area contributed by atoms with Crippen LogP contribution in [0.15, 0.2) is 42.5 Å². The summed E-state index contributed by atoms with van der Waals surface area (Å²) in [5.41, 5.74) is 1.08. The van der Waals surface area contributed by atoms with E-state index >= 15 is 0 Å². The van der Waals surface area contributed by atoms with Crippen LogP contribution in [0.2, 0.25) is 0 Å². The molecule has 3 nitrogen and oxygen atoms in total. The number of unbranched alkanes of at least 4 members (excludes halogenated alkanes) is 1. The molecule has 0 aliphatic heterocycles. The first-order valence-corrected chi connectivity index (χ1v) is 13.5. The fourth-order valence-electron chi connectivity index (χ4n) is 5.03. The summed E-state index contributed by atoms with van der Waals surface area (Å²) in [6.45, 7) is 3.87. The van der Waals surface area contributed by atoms with E-state index < -0.39 is 29.1 Å². The minimum Gasteiger partial charge on any atom is -0.491 e. The summed E-state index contributed by atoms with van der Waals surface area (Å²) < 4.78 is 88.4. The molecule has 4 rings (SSSR count). The molecule has 1 saturated carbocycles. The van der Waals surface area contributed by atoms with Gasteiger partial charge in [0.1, 0.15) is 6.61 Å². The lowest BCUT2D eigenvalue weighted by atomic mass is 9.76. The summed E-state index contributed by atoms with van der Waals surface area (Å²) in [5, 5.41) is 0. The van der Waals surface area contributed by atoms with Gasteiger partial charge in [0.25, 0.3) is 0 Å². The van der Waals surface area contributed by atoms with Crippen LogP contribution in [0.1, 0.15) is 80.9 Å². The van der Waals surface area contributed by atoms with Crippen molar-refractivity contribution < 1.29 is 36.2 Å². The van der Waals surface area contributed by atoms with Crippen molar-refractivity contribution in [1.82, 2.24) is 0 Å². The Morgan fingerprint density at radius 3 is 2.00 bits per heavy atom. The lowest BCUT2D eigenvalue weighted by molar-refractivity contribution is 0.272. The molecule has 0 unspecified atom stereocenters. The van der Waals surface area contributed by atoms with Gasteiger partial charge in [-0.1, -0.05) is 25.5 Å². The van der Waals surface area contributed by atoms with E-state index in [9.17, 15) is 22.0 Å². The van der Waals surface area contributed by atoms with E-state index in [1.54, 1.807) is 19.1 Å². The molecule has 1 aliphatic rings. The van der Waals surface area contributed by atoms with Crippen molar-refractivity contribution in [3.05, 3.63) is 88.2 Å². The largest absolute Gasteiger partial charge is 0.491 e. The van der Waals surface area contributed by atoms with Crippen LogP contribution in [-0.4, -0.2) is 13.2 Å². The third-order valence-electron chi connectivity index (χ3n) is 7.24. The van der Waals surface area contributed by atoms with Crippen molar-refractivity contribution in [2.24, 2.45) is 0 Å². The molecule has 1 aliphatic carbocycles. The maximum Gasteiger partial charge on any atom is 0.201 e. The highest BCUT2D eigenvalue weighted by Gasteiger charge is 2.28. The van der Waals surface area contributed by atoms with Gasteiger partial charge in [0.2, 0.25) is 11.6 Å². The quantitative estimate of drug-likeness (QED) is 0.177. The lowest BCUT2D eigenvalue weighted by Crippen LogP contribution is -2.14. The fraction of sp³-hybridized carbons (Fsp3) is 0.419. The molecular weight excluding hydrogens is 515 g/mol. The Morgan fingerprint density at radius 1 is 0.667 bits per heavy atom. The van der Waals surface area contributed by atoms with Crippen molar-refractivity contribution in [3.8, 4) is 17.2 Å². The molecule has 3 aromatic carbocycles. The first-order valence-electron chi connectivity index (χ1n) is 13.5. The average Bonchev–Trinajstić information content (AvgIpc) is 2.94. The van der Waals surface area contributed by atoms with Gasteiger partial charge in [-0.15, -0.1) is 0 Å². The van der Waals surface area contributed by atoms with Crippen LogP contribution < -0.4 is 14.2 Å². The normalized spacial score (nSPS) is 17.2. The van der Waals surface area contributed by atoms with Crippen LogP contribution in [0.3, 0.4) is 0 Å². The van der Waals surface area contributed by atoms with E-state index in [4.69, 9.17) is 14.2 Å². The molecule has 39 heavy (non-hydrogen) atoms. The van der Waals surface area contributed by atoms with Crippen molar-refractivity contribution >= 4 is 0 Å². The molecule has 0 atom stereocenters. The van der Waals surface area contributed by atoms with Crippen molar-refractivity contribution in [1.29, 1.82) is 0 Å². The standard InChI is InChI=1S/C31H33F5O3/c1-3-5-16-38-27-14-11-22(28(33)30(27)35)18-39-25-13-10-21(17-24(25)32)19-6-8-20(9-7-19)23-12-15-26(37-4-2)31(36)29(23)34/h10-15,17,19-20H,3-9,16,18H2,1-2H3.